The van der Waals surface area contributed by atoms with Crippen molar-refractivity contribution < 1.29 is 4.79 Å². The van der Waals surface area contributed by atoms with Gasteiger partial charge in [0.2, 0.25) is 0 Å². The number of allylic oxidation sites excluding steroid dienone is 1. The van der Waals surface area contributed by atoms with E-state index in [0.717, 1.165) is 11.8 Å². The van der Waals surface area contributed by atoms with Crippen molar-refractivity contribution in [1.29, 1.82) is 0 Å². The van der Waals surface area contributed by atoms with Crippen LogP contribution in [0, 0.1) is 29.1 Å². The Hall–Kier alpha value is -0.590. The summed E-state index contributed by atoms with van der Waals surface area (Å²) in [4.78, 5) is 11.9. The zero-order valence-electron chi connectivity index (χ0n) is 7.75. The van der Waals surface area contributed by atoms with Crippen molar-refractivity contribution in [2.24, 2.45) is 29.1 Å². The highest BCUT2D eigenvalue weighted by Gasteiger charge is 2.75. The van der Waals surface area contributed by atoms with Crippen LogP contribution >= 0.6 is 0 Å². The van der Waals surface area contributed by atoms with Gasteiger partial charge in [-0.15, -0.1) is 0 Å². The van der Waals surface area contributed by atoms with E-state index in [-0.39, 0.29) is 0 Å². The number of hydrogen-bond donors (Lipinski definition) is 0. The first-order valence-electron chi connectivity index (χ1n) is 5.50. The first kappa shape index (κ1) is 6.80. The van der Waals surface area contributed by atoms with Gasteiger partial charge in [-0.05, 0) is 31.1 Å². The Balaban J connectivity index is 2.02. The van der Waals surface area contributed by atoms with E-state index in [1.54, 1.807) is 0 Å². The summed E-state index contributed by atoms with van der Waals surface area (Å²) >= 11 is 0. The van der Waals surface area contributed by atoms with E-state index in [4.69, 9.17) is 0 Å². The van der Waals surface area contributed by atoms with Gasteiger partial charge in [-0.25, -0.2) is 0 Å². The Morgan fingerprint density at radius 3 is 3.08 bits per heavy atom. The second-order valence-corrected chi connectivity index (χ2v) is 5.40. The van der Waals surface area contributed by atoms with Crippen molar-refractivity contribution in [3.8, 4) is 0 Å². The van der Waals surface area contributed by atoms with E-state index in [2.05, 4.69) is 6.58 Å². The third-order valence-electron chi connectivity index (χ3n) is 5.47. The van der Waals surface area contributed by atoms with Crippen LogP contribution in [0.1, 0.15) is 25.7 Å². The number of carbonyl (C=O) groups excluding carboxylic acids is 1. The monoisotopic (exact) mass is 174 g/mol. The molecule has 0 aromatic rings. The molecule has 0 heterocycles. The minimum Gasteiger partial charge on any atom is -0.299 e. The van der Waals surface area contributed by atoms with Crippen molar-refractivity contribution >= 4 is 5.78 Å². The van der Waals surface area contributed by atoms with Crippen molar-refractivity contribution in [3.63, 3.8) is 0 Å². The molecule has 0 aliphatic heterocycles. The summed E-state index contributed by atoms with van der Waals surface area (Å²) in [7, 11) is 0. The molecule has 0 amide bonds. The predicted octanol–water partition coefficient (Wildman–Crippen LogP) is 2.18. The lowest BCUT2D eigenvalue weighted by Crippen LogP contribution is -2.27. The second-order valence-electron chi connectivity index (χ2n) is 5.40. The molecule has 5 aliphatic rings. The van der Waals surface area contributed by atoms with Gasteiger partial charge in [0, 0.05) is 17.3 Å². The molecular weight excluding hydrogens is 160 g/mol. The first-order valence-corrected chi connectivity index (χ1v) is 5.50. The van der Waals surface area contributed by atoms with E-state index >= 15 is 0 Å². The zero-order chi connectivity index (χ0) is 8.79. The minimum atomic E-state index is 0.315. The van der Waals surface area contributed by atoms with Gasteiger partial charge >= 0.3 is 0 Å². The third-order valence-corrected chi connectivity index (χ3v) is 5.47. The molecule has 4 bridgehead atoms. The summed E-state index contributed by atoms with van der Waals surface area (Å²) in [5.41, 5.74) is 1.69. The van der Waals surface area contributed by atoms with Gasteiger partial charge in [0.15, 0.2) is 0 Å². The van der Waals surface area contributed by atoms with E-state index in [9.17, 15) is 4.79 Å². The summed E-state index contributed by atoms with van der Waals surface area (Å²) < 4.78 is 0. The molecule has 5 aliphatic carbocycles. The summed E-state index contributed by atoms with van der Waals surface area (Å²) in [6.45, 7) is 4.22. The van der Waals surface area contributed by atoms with Crippen molar-refractivity contribution in [3.05, 3.63) is 12.2 Å². The van der Waals surface area contributed by atoms with E-state index in [1.807, 2.05) is 0 Å². The van der Waals surface area contributed by atoms with Gasteiger partial charge in [-0.1, -0.05) is 18.6 Å². The summed E-state index contributed by atoms with van der Waals surface area (Å²) in [6.07, 6.45) is 5.22. The summed E-state index contributed by atoms with van der Waals surface area (Å²) in [5.74, 6) is 2.89. The molecule has 5 fully saturated rings. The Morgan fingerprint density at radius 1 is 1.46 bits per heavy atom. The van der Waals surface area contributed by atoms with Gasteiger partial charge < -0.3 is 0 Å². The summed E-state index contributed by atoms with van der Waals surface area (Å²) in [5, 5.41) is 0. The van der Waals surface area contributed by atoms with E-state index in [1.165, 1.54) is 31.3 Å². The van der Waals surface area contributed by atoms with Crippen molar-refractivity contribution in [2.45, 2.75) is 25.7 Å². The van der Waals surface area contributed by atoms with Crippen LogP contribution in [0.25, 0.3) is 0 Å². The Morgan fingerprint density at radius 2 is 2.31 bits per heavy atom. The van der Waals surface area contributed by atoms with Gasteiger partial charge in [-0.3, -0.25) is 4.79 Å². The number of ketones is 1. The Labute approximate surface area is 78.2 Å². The standard InChI is InChI=1S/C12H14O/c1-6-10-7-5-9(11(10)13)12(6)4-2-3-8(7)12/h7-10H,1-5H2/t7-,8+,9-,10-,12-/m0/s1. The molecule has 68 valence electrons. The van der Waals surface area contributed by atoms with Gasteiger partial charge in [0.25, 0.3) is 0 Å². The molecule has 0 aromatic heterocycles. The third kappa shape index (κ3) is 0.431. The maximum absolute atomic E-state index is 11.9. The van der Waals surface area contributed by atoms with Crippen molar-refractivity contribution in [1.82, 2.24) is 0 Å². The molecule has 5 atom stereocenters. The molecule has 5 saturated carbocycles. The van der Waals surface area contributed by atoms with Crippen molar-refractivity contribution in [2.75, 3.05) is 0 Å². The van der Waals surface area contributed by atoms with Gasteiger partial charge in [0.1, 0.15) is 5.78 Å². The molecule has 0 N–H and O–H groups in total. The van der Waals surface area contributed by atoms with Crippen LogP contribution in [0.2, 0.25) is 0 Å². The maximum atomic E-state index is 11.9. The lowest BCUT2D eigenvalue weighted by Gasteiger charge is -2.28. The smallest absolute Gasteiger partial charge is 0.144 e. The number of Topliss-reactive ketones (excluding diaryl/α,β-unsaturated/α-hetero) is 1. The topological polar surface area (TPSA) is 17.1 Å². The van der Waals surface area contributed by atoms with Gasteiger partial charge in [-0.2, -0.15) is 0 Å². The lowest BCUT2D eigenvalue weighted by atomic mass is 9.74. The molecule has 0 unspecified atom stereocenters. The van der Waals surface area contributed by atoms with Crippen LogP contribution in [0.4, 0.5) is 0 Å². The van der Waals surface area contributed by atoms with Crippen LogP contribution in [-0.4, -0.2) is 5.78 Å². The average Bonchev–Trinajstić information content (AvgIpc) is 2.74. The summed E-state index contributed by atoms with van der Waals surface area (Å²) in [6, 6.07) is 0. The highest BCUT2D eigenvalue weighted by molar-refractivity contribution is 5.95. The SMILES string of the molecule is C=C1[C@@H]2C(=O)[C@@H]3C[C@H]2[C@H]2CCC[C@]123. The average molecular weight is 174 g/mol. The minimum absolute atomic E-state index is 0.315. The fraction of sp³-hybridized carbons (Fsp3) is 0.750. The molecular formula is C12H14O. The van der Waals surface area contributed by atoms with E-state index < -0.39 is 0 Å². The Kier molecular flexibility index (Phi) is 0.861. The number of carbonyl (C=O) groups is 1. The lowest BCUT2D eigenvalue weighted by molar-refractivity contribution is -0.124. The fourth-order valence-electron chi connectivity index (χ4n) is 5.24. The number of rotatable bonds is 0. The molecule has 0 radical (unpaired) electrons. The molecule has 5 rings (SSSR count). The Bertz CT molecular complexity index is 343. The van der Waals surface area contributed by atoms with Crippen LogP contribution in [0.15, 0.2) is 12.2 Å². The van der Waals surface area contributed by atoms with Gasteiger partial charge in [0.05, 0.1) is 0 Å². The molecule has 0 aromatic carbocycles. The van der Waals surface area contributed by atoms with E-state index in [0.29, 0.717) is 23.0 Å². The highest BCUT2D eigenvalue weighted by Crippen LogP contribution is 2.78. The number of hydrogen-bond acceptors (Lipinski definition) is 1. The normalized spacial score (nSPS) is 61.2. The highest BCUT2D eigenvalue weighted by atomic mass is 16.1. The molecule has 1 spiro atoms. The molecule has 13 heavy (non-hydrogen) atoms. The first-order chi connectivity index (χ1) is 6.27. The fourth-order valence-corrected chi connectivity index (χ4v) is 5.24. The largest absolute Gasteiger partial charge is 0.299 e. The molecule has 0 saturated heterocycles. The van der Waals surface area contributed by atoms with Crippen LogP contribution in [0.5, 0.6) is 0 Å². The zero-order valence-corrected chi connectivity index (χ0v) is 7.75. The van der Waals surface area contributed by atoms with Crippen LogP contribution in [0.3, 0.4) is 0 Å². The van der Waals surface area contributed by atoms with Crippen LogP contribution in [-0.2, 0) is 4.79 Å². The quantitative estimate of drug-likeness (QED) is 0.514. The maximum Gasteiger partial charge on any atom is 0.144 e. The molecule has 1 heteroatoms. The second kappa shape index (κ2) is 1.65. The predicted molar refractivity (Wildman–Crippen MR) is 49.0 cm³/mol. The molecule has 1 nitrogen and oxygen atoms in total. The van der Waals surface area contributed by atoms with Crippen LogP contribution < -0.4 is 0 Å².